The van der Waals surface area contributed by atoms with Crippen molar-refractivity contribution in [1.82, 2.24) is 4.57 Å². The minimum Gasteiger partial charge on any atom is -0.309 e. The first-order chi connectivity index (χ1) is 14.3. The van der Waals surface area contributed by atoms with E-state index >= 15 is 0 Å². The number of hydrogen-bond donors (Lipinski definition) is 0. The number of aromatic nitrogens is 1. The van der Waals surface area contributed by atoms with Crippen LogP contribution in [0.1, 0.15) is 20.7 Å². The van der Waals surface area contributed by atoms with Gasteiger partial charge in [-0.25, -0.2) is 0 Å². The summed E-state index contributed by atoms with van der Waals surface area (Å²) >= 11 is 0. The number of hydrogen-bond acceptors (Lipinski definition) is 2. The Kier molecular flexibility index (Phi) is 4.07. The van der Waals surface area contributed by atoms with Crippen LogP contribution < -0.4 is 0 Å². The highest BCUT2D eigenvalue weighted by Gasteiger charge is 2.16. The highest BCUT2D eigenvalue weighted by molar-refractivity contribution is 6.12. The lowest BCUT2D eigenvalue weighted by molar-refractivity contribution is 0.111. The number of nitrogens with zero attached hydrogens (tertiary/aromatic N) is 1. The van der Waals surface area contributed by atoms with E-state index in [-0.39, 0.29) is 0 Å². The Hall–Kier alpha value is -3.98. The van der Waals surface area contributed by atoms with Gasteiger partial charge >= 0.3 is 0 Å². The van der Waals surface area contributed by atoms with Gasteiger partial charge in [-0.3, -0.25) is 9.59 Å². The zero-order valence-corrected chi connectivity index (χ0v) is 15.6. The summed E-state index contributed by atoms with van der Waals surface area (Å²) in [6.07, 6.45) is 1.70. The van der Waals surface area contributed by atoms with Crippen LogP contribution in [0.2, 0.25) is 0 Å². The van der Waals surface area contributed by atoms with Crippen molar-refractivity contribution in [2.45, 2.75) is 0 Å². The van der Waals surface area contributed by atoms with E-state index in [9.17, 15) is 9.59 Å². The summed E-state index contributed by atoms with van der Waals surface area (Å²) < 4.78 is 2.20. The lowest BCUT2D eigenvalue weighted by Crippen LogP contribution is -1.97. The maximum absolute atomic E-state index is 11.4. The molecule has 1 heterocycles. The van der Waals surface area contributed by atoms with Crippen LogP contribution in [0.25, 0.3) is 38.6 Å². The van der Waals surface area contributed by atoms with E-state index in [0.29, 0.717) is 11.1 Å². The Morgan fingerprint density at radius 1 is 0.586 bits per heavy atom. The normalized spacial score (nSPS) is 11.0. The fourth-order valence-electron chi connectivity index (χ4n) is 4.00. The monoisotopic (exact) mass is 375 g/mol. The molecule has 0 radical (unpaired) electrons. The molecule has 1 aromatic heterocycles. The number of fused-ring (bicyclic) bond motifs is 3. The first-order valence-corrected chi connectivity index (χ1v) is 9.43. The number of aldehydes is 2. The largest absolute Gasteiger partial charge is 0.309 e. The van der Waals surface area contributed by atoms with Gasteiger partial charge in [0.05, 0.1) is 16.7 Å². The van der Waals surface area contributed by atoms with Crippen molar-refractivity contribution in [2.75, 3.05) is 0 Å². The number of benzene rings is 4. The van der Waals surface area contributed by atoms with Gasteiger partial charge in [-0.15, -0.1) is 0 Å². The third-order valence-corrected chi connectivity index (χ3v) is 5.32. The maximum Gasteiger partial charge on any atom is 0.150 e. The number of para-hydroxylation sites is 1. The van der Waals surface area contributed by atoms with E-state index in [1.165, 1.54) is 0 Å². The van der Waals surface area contributed by atoms with Crippen LogP contribution in [-0.2, 0) is 0 Å². The molecule has 0 saturated carbocycles. The van der Waals surface area contributed by atoms with Crippen molar-refractivity contribution >= 4 is 34.4 Å². The first-order valence-electron chi connectivity index (χ1n) is 9.43. The Morgan fingerprint density at radius 2 is 1.14 bits per heavy atom. The number of carbonyl (C=O) groups is 2. The first kappa shape index (κ1) is 17.1. The lowest BCUT2D eigenvalue weighted by atomic mass is 10.0. The smallest absolute Gasteiger partial charge is 0.150 e. The third kappa shape index (κ3) is 2.75. The molecule has 0 saturated heterocycles. The van der Waals surface area contributed by atoms with Gasteiger partial charge in [0, 0.05) is 27.5 Å². The van der Waals surface area contributed by atoms with Gasteiger partial charge < -0.3 is 4.57 Å². The van der Waals surface area contributed by atoms with Crippen LogP contribution in [0.5, 0.6) is 0 Å². The van der Waals surface area contributed by atoms with Gasteiger partial charge in [-0.1, -0.05) is 48.5 Å². The molecule has 0 unspecified atom stereocenters. The maximum atomic E-state index is 11.4. The molecule has 138 valence electrons. The van der Waals surface area contributed by atoms with Crippen LogP contribution in [0, 0.1) is 0 Å². The molecule has 5 aromatic rings. The molecule has 0 aliphatic carbocycles. The van der Waals surface area contributed by atoms with E-state index in [1.807, 2.05) is 66.7 Å². The molecule has 0 amide bonds. The molecule has 5 rings (SSSR count). The topological polar surface area (TPSA) is 39.1 Å². The van der Waals surface area contributed by atoms with Crippen molar-refractivity contribution < 1.29 is 9.59 Å². The van der Waals surface area contributed by atoms with Gasteiger partial charge in [0.2, 0.25) is 0 Å². The molecular formula is C26H17NO2. The summed E-state index contributed by atoms with van der Waals surface area (Å²) in [6.45, 7) is 0. The lowest BCUT2D eigenvalue weighted by Gasteiger charge is -2.14. The van der Waals surface area contributed by atoms with Crippen molar-refractivity contribution in [3.05, 3.63) is 102 Å². The van der Waals surface area contributed by atoms with E-state index in [1.54, 1.807) is 0 Å². The Morgan fingerprint density at radius 3 is 1.72 bits per heavy atom. The molecule has 0 aliphatic heterocycles. The van der Waals surface area contributed by atoms with Gasteiger partial charge in [-0.2, -0.15) is 0 Å². The van der Waals surface area contributed by atoms with Crippen molar-refractivity contribution in [3.8, 4) is 16.8 Å². The second-order valence-electron chi connectivity index (χ2n) is 7.01. The molecular weight excluding hydrogens is 358 g/mol. The molecule has 0 aliphatic rings. The molecule has 3 heteroatoms. The molecule has 3 nitrogen and oxygen atoms in total. The van der Waals surface area contributed by atoms with Gasteiger partial charge in [0.15, 0.2) is 0 Å². The Bertz CT molecular complexity index is 1320. The molecule has 0 atom stereocenters. The van der Waals surface area contributed by atoms with Gasteiger partial charge in [0.25, 0.3) is 0 Å². The standard InChI is InChI=1S/C26H17NO2/c28-16-18-10-12-25-22(14-18)23-15-19(17-29)11-13-26(23)27(25)24-9-5-4-8-21(24)20-6-2-1-3-7-20/h1-17H. The van der Waals surface area contributed by atoms with Crippen LogP contribution in [0.4, 0.5) is 0 Å². The van der Waals surface area contributed by atoms with Crippen molar-refractivity contribution in [1.29, 1.82) is 0 Å². The highest BCUT2D eigenvalue weighted by Crippen LogP contribution is 2.36. The van der Waals surface area contributed by atoms with Crippen LogP contribution >= 0.6 is 0 Å². The van der Waals surface area contributed by atoms with E-state index in [0.717, 1.165) is 51.2 Å². The minimum atomic E-state index is 0.615. The van der Waals surface area contributed by atoms with Crippen molar-refractivity contribution in [2.24, 2.45) is 0 Å². The number of carbonyl (C=O) groups excluding carboxylic acids is 2. The molecule has 0 spiro atoms. The molecule has 4 aromatic carbocycles. The van der Waals surface area contributed by atoms with E-state index < -0.39 is 0 Å². The predicted octanol–water partition coefficient (Wildman–Crippen LogP) is 6.08. The minimum absolute atomic E-state index is 0.615. The summed E-state index contributed by atoms with van der Waals surface area (Å²) in [4.78, 5) is 22.7. The molecule has 0 fully saturated rings. The van der Waals surface area contributed by atoms with Gasteiger partial charge in [-0.05, 0) is 48.0 Å². The summed E-state index contributed by atoms with van der Waals surface area (Å²) in [5.74, 6) is 0. The zero-order chi connectivity index (χ0) is 19.8. The second kappa shape index (κ2) is 6.88. The summed E-state index contributed by atoms with van der Waals surface area (Å²) in [5, 5.41) is 1.91. The fourth-order valence-corrected chi connectivity index (χ4v) is 4.00. The quantitative estimate of drug-likeness (QED) is 0.357. The van der Waals surface area contributed by atoms with Gasteiger partial charge in [0.1, 0.15) is 12.6 Å². The number of rotatable bonds is 4. The second-order valence-corrected chi connectivity index (χ2v) is 7.01. The van der Waals surface area contributed by atoms with Crippen molar-refractivity contribution in [3.63, 3.8) is 0 Å². The van der Waals surface area contributed by atoms with E-state index in [4.69, 9.17) is 0 Å². The summed E-state index contributed by atoms with van der Waals surface area (Å²) in [6, 6.07) is 29.9. The highest BCUT2D eigenvalue weighted by atomic mass is 16.1. The van der Waals surface area contributed by atoms with Crippen LogP contribution in [0.15, 0.2) is 91.0 Å². The Balaban J connectivity index is 1.91. The third-order valence-electron chi connectivity index (χ3n) is 5.32. The average molecular weight is 375 g/mol. The molecule has 29 heavy (non-hydrogen) atoms. The SMILES string of the molecule is O=Cc1ccc2c(c1)c1cc(C=O)ccc1n2-c1ccccc1-c1ccccc1. The summed E-state index contributed by atoms with van der Waals surface area (Å²) in [7, 11) is 0. The molecule has 0 bridgehead atoms. The van der Waals surface area contributed by atoms with E-state index in [2.05, 4.69) is 28.8 Å². The summed E-state index contributed by atoms with van der Waals surface area (Å²) in [5.41, 5.74) is 6.53. The molecule has 0 N–H and O–H groups in total. The average Bonchev–Trinajstić information content (AvgIpc) is 3.12. The predicted molar refractivity (Wildman–Crippen MR) is 117 cm³/mol. The Labute approximate surface area is 167 Å². The van der Waals surface area contributed by atoms with Crippen LogP contribution in [0.3, 0.4) is 0 Å². The van der Waals surface area contributed by atoms with Crippen LogP contribution in [-0.4, -0.2) is 17.1 Å². The zero-order valence-electron chi connectivity index (χ0n) is 15.6. The fraction of sp³-hybridized carbons (Fsp3) is 0.